The van der Waals surface area contributed by atoms with E-state index in [4.69, 9.17) is 17.0 Å². The molecule has 6 rings (SSSR count). The maximum absolute atomic E-state index is 13.8. The fourth-order valence-electron chi connectivity index (χ4n) is 4.72. The Labute approximate surface area is 198 Å². The van der Waals surface area contributed by atoms with E-state index in [0.717, 1.165) is 53.3 Å². The van der Waals surface area contributed by atoms with Gasteiger partial charge in [0, 0.05) is 12.0 Å². The van der Waals surface area contributed by atoms with Crippen LogP contribution < -0.4 is 15.2 Å². The van der Waals surface area contributed by atoms with E-state index in [-0.39, 0.29) is 5.56 Å². The number of nitrogens with one attached hydrogen (secondary N) is 2. The van der Waals surface area contributed by atoms with Crippen molar-refractivity contribution in [1.82, 2.24) is 19.2 Å². The second kappa shape index (κ2) is 7.95. The van der Waals surface area contributed by atoms with Gasteiger partial charge >= 0.3 is 0 Å². The molecule has 166 valence electrons. The number of methoxy groups -OCH3 is 1. The average molecular weight is 477 g/mol. The van der Waals surface area contributed by atoms with Crippen molar-refractivity contribution < 1.29 is 9.64 Å². The van der Waals surface area contributed by atoms with Crippen LogP contribution in [0.3, 0.4) is 0 Å². The highest BCUT2D eigenvalue weighted by Crippen LogP contribution is 2.32. The Morgan fingerprint density at radius 1 is 1.18 bits per heavy atom. The van der Waals surface area contributed by atoms with Gasteiger partial charge in [-0.25, -0.2) is 14.1 Å². The zero-order valence-corrected chi connectivity index (χ0v) is 19.6. The molecule has 1 aliphatic rings. The molecular formula is C24H22N5O2S2+. The van der Waals surface area contributed by atoms with E-state index in [1.165, 1.54) is 15.3 Å². The molecule has 1 aliphatic heterocycles. The molecule has 0 aliphatic carbocycles. The summed E-state index contributed by atoms with van der Waals surface area (Å²) in [4.78, 5) is 17.5. The molecule has 0 radical (unpaired) electrons. The molecule has 0 saturated heterocycles. The van der Waals surface area contributed by atoms with Crippen molar-refractivity contribution in [2.45, 2.75) is 19.5 Å². The first-order valence-corrected chi connectivity index (χ1v) is 12.0. The van der Waals surface area contributed by atoms with Crippen molar-refractivity contribution in [2.75, 3.05) is 13.7 Å². The topological polar surface area (TPSA) is 68.8 Å². The molecule has 0 bridgehead atoms. The molecular weight excluding hydrogens is 454 g/mol. The van der Waals surface area contributed by atoms with Crippen LogP contribution in [0.2, 0.25) is 0 Å². The molecule has 0 saturated carbocycles. The predicted molar refractivity (Wildman–Crippen MR) is 131 cm³/mol. The molecule has 33 heavy (non-hydrogen) atoms. The highest BCUT2D eigenvalue weighted by atomic mass is 32.1. The first-order valence-electron chi connectivity index (χ1n) is 10.8. The standard InChI is InChI=1S/C24H21N5O2S2/c1-31-17-9-7-16(8-10-17)28-21(30)20-18-11-12-27(13-15-5-3-2-4-6-15)14-19(18)33-22(20)29-23(28)25-26-24(29)32/h2-10H,11-14H2,1H3,(H,26,32)/p+1. The first-order chi connectivity index (χ1) is 16.1. The largest absolute Gasteiger partial charge is 0.497 e. The summed E-state index contributed by atoms with van der Waals surface area (Å²) >= 11 is 7.24. The molecule has 5 aromatic rings. The Bertz CT molecular complexity index is 1600. The van der Waals surface area contributed by atoms with Crippen LogP contribution in [0.15, 0.2) is 59.4 Å². The predicted octanol–water partition coefficient (Wildman–Crippen LogP) is 2.91. The Morgan fingerprint density at radius 2 is 1.97 bits per heavy atom. The third-order valence-corrected chi connectivity index (χ3v) is 7.80. The summed E-state index contributed by atoms with van der Waals surface area (Å²) in [7, 11) is 1.62. The monoisotopic (exact) mass is 476 g/mol. The second-order valence-electron chi connectivity index (χ2n) is 8.28. The zero-order chi connectivity index (χ0) is 22.5. The van der Waals surface area contributed by atoms with Gasteiger partial charge in [0.1, 0.15) is 23.7 Å². The molecule has 3 aromatic heterocycles. The van der Waals surface area contributed by atoms with Gasteiger partial charge in [0.05, 0.1) is 29.6 Å². The molecule has 0 spiro atoms. The Morgan fingerprint density at radius 3 is 2.73 bits per heavy atom. The normalized spacial score (nSPS) is 15.7. The Balaban J connectivity index is 1.51. The highest BCUT2D eigenvalue weighted by molar-refractivity contribution is 7.71. The minimum absolute atomic E-state index is 0.0549. The number of fused-ring (bicyclic) bond motifs is 5. The van der Waals surface area contributed by atoms with Gasteiger partial charge in [-0.1, -0.05) is 30.3 Å². The van der Waals surface area contributed by atoms with Gasteiger partial charge in [0.25, 0.3) is 5.56 Å². The number of hydrogen-bond acceptors (Lipinski definition) is 5. The number of aromatic nitrogens is 4. The van der Waals surface area contributed by atoms with Crippen molar-refractivity contribution in [1.29, 1.82) is 0 Å². The number of ether oxygens (including phenoxy) is 1. The maximum Gasteiger partial charge on any atom is 0.268 e. The van der Waals surface area contributed by atoms with Gasteiger partial charge in [0.15, 0.2) is 0 Å². The fourth-order valence-corrected chi connectivity index (χ4v) is 6.41. The second-order valence-corrected chi connectivity index (χ2v) is 9.75. The summed E-state index contributed by atoms with van der Waals surface area (Å²) in [5.74, 6) is 1.23. The van der Waals surface area contributed by atoms with Crippen LogP contribution in [-0.4, -0.2) is 32.8 Å². The maximum atomic E-state index is 13.8. The number of thiophene rings is 1. The Hall–Kier alpha value is -3.27. The van der Waals surface area contributed by atoms with E-state index in [0.29, 0.717) is 10.5 Å². The van der Waals surface area contributed by atoms with Crippen LogP contribution in [0.25, 0.3) is 21.7 Å². The lowest BCUT2D eigenvalue weighted by atomic mass is 10.0. The van der Waals surface area contributed by atoms with E-state index in [9.17, 15) is 4.79 Å². The summed E-state index contributed by atoms with van der Waals surface area (Å²) < 4.78 is 9.31. The zero-order valence-electron chi connectivity index (χ0n) is 18.0. The van der Waals surface area contributed by atoms with Crippen LogP contribution in [0, 0.1) is 4.77 Å². The summed E-state index contributed by atoms with van der Waals surface area (Å²) in [6.45, 7) is 2.87. The van der Waals surface area contributed by atoms with E-state index in [2.05, 4.69) is 34.5 Å². The number of nitrogens with zero attached hydrogens (tertiary/aromatic N) is 3. The SMILES string of the molecule is COc1ccc(-n2c(=O)c3c4c(sc3n3c(=S)[nH]nc23)C[NH+](Cc2ccccc2)CC4)cc1. The number of rotatable bonds is 4. The number of quaternary nitrogens is 1. The van der Waals surface area contributed by atoms with Crippen molar-refractivity contribution in [3.63, 3.8) is 0 Å². The van der Waals surface area contributed by atoms with Gasteiger partial charge in [-0.05, 0) is 42.0 Å². The molecule has 2 aromatic carbocycles. The van der Waals surface area contributed by atoms with Gasteiger partial charge in [-0.2, -0.15) is 0 Å². The minimum Gasteiger partial charge on any atom is -0.497 e. The van der Waals surface area contributed by atoms with Crippen LogP contribution in [0.5, 0.6) is 5.75 Å². The van der Waals surface area contributed by atoms with E-state index < -0.39 is 0 Å². The number of hydrogen-bond donors (Lipinski definition) is 2. The van der Waals surface area contributed by atoms with E-state index in [1.54, 1.807) is 23.0 Å². The fraction of sp³-hybridized carbons (Fsp3) is 0.208. The lowest BCUT2D eigenvalue weighted by Gasteiger charge is -2.23. The van der Waals surface area contributed by atoms with Crippen molar-refractivity contribution in [3.8, 4) is 11.4 Å². The number of H-pyrrole nitrogens is 1. The molecule has 7 nitrogen and oxygen atoms in total. The van der Waals surface area contributed by atoms with Crippen LogP contribution >= 0.6 is 23.6 Å². The molecule has 1 atom stereocenters. The minimum atomic E-state index is -0.0549. The molecule has 0 amide bonds. The van der Waals surface area contributed by atoms with Crippen molar-refractivity contribution >= 4 is 39.5 Å². The smallest absolute Gasteiger partial charge is 0.268 e. The van der Waals surface area contributed by atoms with Gasteiger partial charge in [0.2, 0.25) is 10.5 Å². The molecule has 9 heteroatoms. The van der Waals surface area contributed by atoms with Gasteiger partial charge < -0.3 is 9.64 Å². The van der Waals surface area contributed by atoms with Gasteiger partial charge in [-0.3, -0.25) is 4.79 Å². The molecule has 4 heterocycles. The van der Waals surface area contributed by atoms with E-state index >= 15 is 0 Å². The Kier molecular flexibility index (Phi) is 4.90. The highest BCUT2D eigenvalue weighted by Gasteiger charge is 2.28. The molecule has 2 N–H and O–H groups in total. The summed E-state index contributed by atoms with van der Waals surface area (Å²) in [6.07, 6.45) is 0.867. The molecule has 1 unspecified atom stereocenters. The summed E-state index contributed by atoms with van der Waals surface area (Å²) in [5, 5.41) is 8.05. The lowest BCUT2D eigenvalue weighted by molar-refractivity contribution is -0.929. The average Bonchev–Trinajstić information content (AvgIpc) is 3.40. The number of aromatic amines is 1. The van der Waals surface area contributed by atoms with Crippen molar-refractivity contribution in [2.24, 2.45) is 0 Å². The molecule has 0 fully saturated rings. The third kappa shape index (κ3) is 3.31. The van der Waals surface area contributed by atoms with Crippen molar-refractivity contribution in [3.05, 3.63) is 85.7 Å². The van der Waals surface area contributed by atoms with Crippen LogP contribution in [0.1, 0.15) is 16.0 Å². The lowest BCUT2D eigenvalue weighted by Crippen LogP contribution is -3.10. The van der Waals surface area contributed by atoms with Crippen LogP contribution in [-0.2, 0) is 19.5 Å². The summed E-state index contributed by atoms with van der Waals surface area (Å²) in [5.41, 5.74) is 3.16. The quantitative estimate of drug-likeness (QED) is 0.392. The number of benzene rings is 2. The van der Waals surface area contributed by atoms with E-state index in [1.807, 2.05) is 34.7 Å². The van der Waals surface area contributed by atoms with Crippen LogP contribution in [0.4, 0.5) is 0 Å². The first kappa shape index (κ1) is 20.3. The summed E-state index contributed by atoms with van der Waals surface area (Å²) in [6, 6.07) is 18.0. The third-order valence-electron chi connectivity index (χ3n) is 6.31. The van der Waals surface area contributed by atoms with Gasteiger partial charge in [-0.15, -0.1) is 16.4 Å².